The molecule has 0 spiro atoms. The van der Waals surface area contributed by atoms with Gasteiger partial charge in [0, 0.05) is 12.6 Å². The van der Waals surface area contributed by atoms with Gasteiger partial charge in [0.15, 0.2) is 0 Å². The molecular formula is C8H17NO. The molecule has 1 aliphatic rings. The lowest BCUT2D eigenvalue weighted by atomic mass is 9.87. The predicted molar refractivity (Wildman–Crippen MR) is 41.7 cm³/mol. The SMILES string of the molecule is CC(C)C1COCCC1N. The quantitative estimate of drug-likeness (QED) is 0.594. The van der Waals surface area contributed by atoms with E-state index >= 15 is 0 Å². The van der Waals surface area contributed by atoms with Crippen molar-refractivity contribution in [1.82, 2.24) is 0 Å². The summed E-state index contributed by atoms with van der Waals surface area (Å²) in [5.41, 5.74) is 5.90. The molecule has 0 saturated carbocycles. The minimum absolute atomic E-state index is 0.369. The van der Waals surface area contributed by atoms with Crippen LogP contribution < -0.4 is 5.73 Å². The van der Waals surface area contributed by atoms with E-state index in [9.17, 15) is 0 Å². The standard InChI is InChI=1S/C8H17NO/c1-6(2)7-5-10-4-3-8(7)9/h6-8H,3-5,9H2,1-2H3. The molecule has 1 rings (SSSR count). The van der Waals surface area contributed by atoms with Gasteiger partial charge in [-0.25, -0.2) is 0 Å². The average Bonchev–Trinajstić information content (AvgIpc) is 1.88. The molecular weight excluding hydrogens is 126 g/mol. The first-order valence-electron chi connectivity index (χ1n) is 4.05. The molecule has 1 heterocycles. The molecule has 2 unspecified atom stereocenters. The lowest BCUT2D eigenvalue weighted by molar-refractivity contribution is 0.0240. The van der Waals surface area contributed by atoms with Crippen LogP contribution in [0.15, 0.2) is 0 Å². The topological polar surface area (TPSA) is 35.2 Å². The van der Waals surface area contributed by atoms with Crippen molar-refractivity contribution in [3.05, 3.63) is 0 Å². The Morgan fingerprint density at radius 1 is 1.50 bits per heavy atom. The van der Waals surface area contributed by atoms with E-state index < -0.39 is 0 Å². The molecule has 0 aromatic heterocycles. The molecule has 0 aliphatic carbocycles. The molecule has 2 heteroatoms. The summed E-state index contributed by atoms with van der Waals surface area (Å²) in [6.07, 6.45) is 1.03. The van der Waals surface area contributed by atoms with Crippen molar-refractivity contribution in [1.29, 1.82) is 0 Å². The largest absolute Gasteiger partial charge is 0.381 e. The second kappa shape index (κ2) is 3.35. The highest BCUT2D eigenvalue weighted by Crippen LogP contribution is 2.20. The smallest absolute Gasteiger partial charge is 0.0511 e. The number of hydrogen-bond acceptors (Lipinski definition) is 2. The van der Waals surface area contributed by atoms with Crippen molar-refractivity contribution in [3.63, 3.8) is 0 Å². The van der Waals surface area contributed by atoms with Gasteiger partial charge in [0.1, 0.15) is 0 Å². The lowest BCUT2D eigenvalue weighted by Gasteiger charge is -2.31. The van der Waals surface area contributed by atoms with E-state index in [0.717, 1.165) is 19.6 Å². The highest BCUT2D eigenvalue weighted by atomic mass is 16.5. The van der Waals surface area contributed by atoms with Crippen LogP contribution in [0.2, 0.25) is 0 Å². The number of ether oxygens (including phenoxy) is 1. The first-order chi connectivity index (χ1) is 4.72. The molecule has 1 aliphatic heterocycles. The maximum atomic E-state index is 5.90. The fourth-order valence-corrected chi connectivity index (χ4v) is 1.46. The first-order valence-corrected chi connectivity index (χ1v) is 4.05. The zero-order chi connectivity index (χ0) is 7.56. The van der Waals surface area contributed by atoms with Gasteiger partial charge in [0.25, 0.3) is 0 Å². The summed E-state index contributed by atoms with van der Waals surface area (Å²) >= 11 is 0. The summed E-state index contributed by atoms with van der Waals surface area (Å²) in [4.78, 5) is 0. The van der Waals surface area contributed by atoms with E-state index in [0.29, 0.717) is 17.9 Å². The predicted octanol–water partition coefficient (Wildman–Crippen LogP) is 1.01. The van der Waals surface area contributed by atoms with Gasteiger partial charge in [-0.05, 0) is 18.3 Å². The Hall–Kier alpha value is -0.0800. The molecule has 0 aromatic carbocycles. The van der Waals surface area contributed by atoms with Crippen LogP contribution in [0, 0.1) is 11.8 Å². The molecule has 0 amide bonds. The van der Waals surface area contributed by atoms with Crippen LogP contribution in [0.5, 0.6) is 0 Å². The minimum atomic E-state index is 0.369. The van der Waals surface area contributed by atoms with Crippen LogP contribution in [0.25, 0.3) is 0 Å². The average molecular weight is 143 g/mol. The van der Waals surface area contributed by atoms with Crippen LogP contribution >= 0.6 is 0 Å². The maximum Gasteiger partial charge on any atom is 0.0511 e. The maximum absolute atomic E-state index is 5.90. The third-order valence-electron chi connectivity index (χ3n) is 2.31. The van der Waals surface area contributed by atoms with E-state index in [1.807, 2.05) is 0 Å². The summed E-state index contributed by atoms with van der Waals surface area (Å²) in [7, 11) is 0. The fraction of sp³-hybridized carbons (Fsp3) is 1.00. The van der Waals surface area contributed by atoms with Gasteiger partial charge in [-0.3, -0.25) is 0 Å². The second-order valence-corrected chi connectivity index (χ2v) is 3.44. The van der Waals surface area contributed by atoms with E-state index in [1.165, 1.54) is 0 Å². The normalized spacial score (nSPS) is 34.8. The Labute approximate surface area is 62.7 Å². The molecule has 2 nitrogen and oxygen atoms in total. The van der Waals surface area contributed by atoms with Crippen molar-refractivity contribution in [2.24, 2.45) is 17.6 Å². The Balaban J connectivity index is 2.40. The van der Waals surface area contributed by atoms with Gasteiger partial charge in [-0.1, -0.05) is 13.8 Å². The minimum Gasteiger partial charge on any atom is -0.381 e. The van der Waals surface area contributed by atoms with Crippen LogP contribution in [0.3, 0.4) is 0 Å². The summed E-state index contributed by atoms with van der Waals surface area (Å²) in [5.74, 6) is 1.24. The van der Waals surface area contributed by atoms with Crippen molar-refractivity contribution in [2.45, 2.75) is 26.3 Å². The van der Waals surface area contributed by atoms with Crippen LogP contribution in [-0.2, 0) is 4.74 Å². The molecule has 60 valence electrons. The van der Waals surface area contributed by atoms with Gasteiger partial charge in [-0.15, -0.1) is 0 Å². The van der Waals surface area contributed by atoms with Gasteiger partial charge in [0.05, 0.1) is 6.61 Å². The summed E-state index contributed by atoms with van der Waals surface area (Å²) in [6, 6.07) is 0.369. The molecule has 0 bridgehead atoms. The van der Waals surface area contributed by atoms with Crippen LogP contribution in [-0.4, -0.2) is 19.3 Å². The zero-order valence-corrected chi connectivity index (χ0v) is 6.84. The molecule has 2 atom stereocenters. The molecule has 10 heavy (non-hydrogen) atoms. The van der Waals surface area contributed by atoms with Gasteiger partial charge < -0.3 is 10.5 Å². The monoisotopic (exact) mass is 143 g/mol. The van der Waals surface area contributed by atoms with Gasteiger partial charge in [-0.2, -0.15) is 0 Å². The Morgan fingerprint density at radius 3 is 2.60 bits per heavy atom. The Kier molecular flexibility index (Phi) is 2.69. The van der Waals surface area contributed by atoms with E-state index in [-0.39, 0.29) is 0 Å². The van der Waals surface area contributed by atoms with Gasteiger partial charge >= 0.3 is 0 Å². The molecule has 1 fully saturated rings. The summed E-state index contributed by atoms with van der Waals surface area (Å²) in [5, 5.41) is 0. The van der Waals surface area contributed by atoms with Crippen molar-refractivity contribution < 1.29 is 4.74 Å². The van der Waals surface area contributed by atoms with Crippen molar-refractivity contribution >= 4 is 0 Å². The zero-order valence-electron chi connectivity index (χ0n) is 6.84. The second-order valence-electron chi connectivity index (χ2n) is 3.44. The summed E-state index contributed by atoms with van der Waals surface area (Å²) in [6.45, 7) is 6.13. The van der Waals surface area contributed by atoms with Crippen LogP contribution in [0.1, 0.15) is 20.3 Å². The Morgan fingerprint density at radius 2 is 2.20 bits per heavy atom. The third kappa shape index (κ3) is 1.70. The number of nitrogens with two attached hydrogens (primary N) is 1. The molecule has 2 N–H and O–H groups in total. The molecule has 0 radical (unpaired) electrons. The van der Waals surface area contributed by atoms with E-state index in [2.05, 4.69) is 13.8 Å². The highest BCUT2D eigenvalue weighted by molar-refractivity contribution is 4.78. The Bertz CT molecular complexity index is 103. The lowest BCUT2D eigenvalue weighted by Crippen LogP contribution is -2.41. The fourth-order valence-electron chi connectivity index (χ4n) is 1.46. The first kappa shape index (κ1) is 8.02. The molecule has 1 saturated heterocycles. The number of rotatable bonds is 1. The third-order valence-corrected chi connectivity index (χ3v) is 2.31. The van der Waals surface area contributed by atoms with Crippen molar-refractivity contribution in [3.8, 4) is 0 Å². The van der Waals surface area contributed by atoms with Crippen LogP contribution in [0.4, 0.5) is 0 Å². The van der Waals surface area contributed by atoms with E-state index in [4.69, 9.17) is 10.5 Å². The number of hydrogen-bond donors (Lipinski definition) is 1. The molecule has 0 aromatic rings. The summed E-state index contributed by atoms with van der Waals surface area (Å²) < 4.78 is 5.33. The highest BCUT2D eigenvalue weighted by Gasteiger charge is 2.24. The van der Waals surface area contributed by atoms with E-state index in [1.54, 1.807) is 0 Å². The van der Waals surface area contributed by atoms with Crippen molar-refractivity contribution in [2.75, 3.05) is 13.2 Å². The van der Waals surface area contributed by atoms with Gasteiger partial charge in [0.2, 0.25) is 0 Å².